The van der Waals surface area contributed by atoms with Crippen LogP contribution in [-0.4, -0.2) is 23.5 Å². The summed E-state index contributed by atoms with van der Waals surface area (Å²) >= 11 is 6.14. The van der Waals surface area contributed by atoms with Crippen molar-refractivity contribution in [1.82, 2.24) is 4.98 Å². The maximum atomic E-state index is 12.0. The zero-order chi connectivity index (χ0) is 20.8. The van der Waals surface area contributed by atoms with Gasteiger partial charge < -0.3 is 14.5 Å². The minimum absolute atomic E-state index is 0.0548. The topological polar surface area (TPSA) is 81.4 Å². The molecule has 1 amide bonds. The molecule has 0 bridgehead atoms. The number of carbonyl (C=O) groups is 2. The maximum Gasteiger partial charge on any atom is 0.306 e. The number of rotatable bonds is 7. The first-order valence-electron chi connectivity index (χ1n) is 9.15. The number of benzene rings is 2. The van der Waals surface area contributed by atoms with Crippen molar-refractivity contribution in [3.05, 3.63) is 70.7 Å². The number of amides is 1. The van der Waals surface area contributed by atoms with Crippen LogP contribution in [0.25, 0.3) is 11.3 Å². The summed E-state index contributed by atoms with van der Waals surface area (Å²) < 4.78 is 10.7. The normalized spacial score (nSPS) is 10.6. The van der Waals surface area contributed by atoms with Gasteiger partial charge in [-0.2, -0.15) is 0 Å². The molecular weight excluding hydrogens is 392 g/mol. The Hall–Kier alpha value is -3.12. The number of nitrogens with zero attached hydrogens (tertiary/aromatic N) is 1. The lowest BCUT2D eigenvalue weighted by molar-refractivity contribution is -0.147. The molecule has 0 atom stereocenters. The first kappa shape index (κ1) is 20.6. The molecule has 0 spiro atoms. The Labute approximate surface area is 173 Å². The zero-order valence-electron chi connectivity index (χ0n) is 16.2. The molecule has 150 valence electrons. The minimum atomic E-state index is -0.501. The summed E-state index contributed by atoms with van der Waals surface area (Å²) in [6.07, 6.45) is 1.89. The van der Waals surface area contributed by atoms with E-state index in [9.17, 15) is 9.59 Å². The van der Waals surface area contributed by atoms with E-state index in [2.05, 4.69) is 10.3 Å². The number of nitrogens with one attached hydrogen (secondary N) is 1. The van der Waals surface area contributed by atoms with Gasteiger partial charge in [-0.25, -0.2) is 4.98 Å². The second-order valence-electron chi connectivity index (χ2n) is 6.55. The van der Waals surface area contributed by atoms with Crippen LogP contribution >= 0.6 is 11.6 Å². The van der Waals surface area contributed by atoms with Crippen molar-refractivity contribution in [2.24, 2.45) is 0 Å². The molecule has 0 saturated carbocycles. The van der Waals surface area contributed by atoms with Gasteiger partial charge in [-0.05, 0) is 43.2 Å². The van der Waals surface area contributed by atoms with Crippen LogP contribution in [0.1, 0.15) is 23.4 Å². The summed E-state index contributed by atoms with van der Waals surface area (Å²) in [5, 5.41) is 3.31. The molecule has 1 N–H and O–H groups in total. The van der Waals surface area contributed by atoms with E-state index in [1.54, 1.807) is 18.3 Å². The molecule has 0 saturated heterocycles. The fourth-order valence-corrected chi connectivity index (χ4v) is 2.94. The fraction of sp³-hybridized carbons (Fsp3) is 0.227. The molecule has 6 nitrogen and oxygen atoms in total. The van der Waals surface area contributed by atoms with Gasteiger partial charge in [0.2, 0.25) is 0 Å². The molecular formula is C22H21ClN2O4. The Morgan fingerprint density at radius 1 is 1.14 bits per heavy atom. The quantitative estimate of drug-likeness (QED) is 0.567. The van der Waals surface area contributed by atoms with Crippen molar-refractivity contribution in [3.8, 4) is 11.3 Å². The molecule has 29 heavy (non-hydrogen) atoms. The Balaban J connectivity index is 1.46. The predicted octanol–water partition coefficient (Wildman–Crippen LogP) is 4.73. The number of oxazole rings is 1. The van der Waals surface area contributed by atoms with Gasteiger partial charge in [-0.3, -0.25) is 9.59 Å². The van der Waals surface area contributed by atoms with E-state index in [1.165, 1.54) is 0 Å². The van der Waals surface area contributed by atoms with E-state index in [-0.39, 0.29) is 25.4 Å². The SMILES string of the molecule is Cc1cccc(NC(=O)COC(=O)CCc2ncc(-c3ccccc3Cl)o2)c1C. The predicted molar refractivity (Wildman–Crippen MR) is 111 cm³/mol. The molecule has 1 aromatic heterocycles. The number of ether oxygens (including phenoxy) is 1. The van der Waals surface area contributed by atoms with Gasteiger partial charge in [0.15, 0.2) is 18.3 Å². The fourth-order valence-electron chi connectivity index (χ4n) is 2.71. The lowest BCUT2D eigenvalue weighted by Gasteiger charge is -2.10. The van der Waals surface area contributed by atoms with Gasteiger partial charge in [0.25, 0.3) is 5.91 Å². The summed E-state index contributed by atoms with van der Waals surface area (Å²) in [6.45, 7) is 3.54. The number of hydrogen-bond donors (Lipinski definition) is 1. The van der Waals surface area contributed by atoms with Gasteiger partial charge in [0, 0.05) is 17.7 Å². The Morgan fingerprint density at radius 2 is 1.93 bits per heavy atom. The molecule has 2 aromatic carbocycles. The van der Waals surface area contributed by atoms with Crippen LogP contribution in [0.4, 0.5) is 5.69 Å². The number of anilines is 1. The molecule has 0 unspecified atom stereocenters. The third-order valence-corrected chi connectivity index (χ3v) is 4.81. The average Bonchev–Trinajstić information content (AvgIpc) is 3.17. The van der Waals surface area contributed by atoms with Crippen LogP contribution in [0.15, 0.2) is 53.1 Å². The average molecular weight is 413 g/mol. The van der Waals surface area contributed by atoms with Gasteiger partial charge in [-0.1, -0.05) is 35.9 Å². The van der Waals surface area contributed by atoms with Crippen LogP contribution < -0.4 is 5.32 Å². The van der Waals surface area contributed by atoms with Crippen LogP contribution in [0.3, 0.4) is 0 Å². The standard InChI is InChI=1S/C22H21ClN2O4/c1-14-6-5-9-18(15(14)2)25-20(26)13-28-22(27)11-10-21-24-12-19(29-21)16-7-3-4-8-17(16)23/h3-9,12H,10-11,13H2,1-2H3,(H,25,26). The molecule has 3 aromatic rings. The molecule has 3 rings (SSSR count). The highest BCUT2D eigenvalue weighted by molar-refractivity contribution is 6.33. The molecule has 0 aliphatic heterocycles. The van der Waals surface area contributed by atoms with Gasteiger partial charge in [0.1, 0.15) is 0 Å². The Kier molecular flexibility index (Phi) is 6.67. The number of aryl methyl sites for hydroxylation is 2. The number of hydrogen-bond acceptors (Lipinski definition) is 5. The molecule has 7 heteroatoms. The lowest BCUT2D eigenvalue weighted by Crippen LogP contribution is -2.21. The minimum Gasteiger partial charge on any atom is -0.456 e. The van der Waals surface area contributed by atoms with E-state index in [4.69, 9.17) is 20.8 Å². The highest BCUT2D eigenvalue weighted by Crippen LogP contribution is 2.28. The largest absolute Gasteiger partial charge is 0.456 e. The number of esters is 1. The van der Waals surface area contributed by atoms with E-state index in [0.29, 0.717) is 22.4 Å². The second-order valence-corrected chi connectivity index (χ2v) is 6.96. The van der Waals surface area contributed by atoms with E-state index in [0.717, 1.165) is 16.7 Å². The monoisotopic (exact) mass is 412 g/mol. The molecule has 0 aliphatic carbocycles. The highest BCUT2D eigenvalue weighted by Gasteiger charge is 2.13. The van der Waals surface area contributed by atoms with Crippen molar-refractivity contribution >= 4 is 29.2 Å². The highest BCUT2D eigenvalue weighted by atomic mass is 35.5. The van der Waals surface area contributed by atoms with Crippen LogP contribution in [-0.2, 0) is 20.7 Å². The summed E-state index contributed by atoms with van der Waals surface area (Å²) in [5.41, 5.74) is 3.49. The molecule has 1 heterocycles. The summed E-state index contributed by atoms with van der Waals surface area (Å²) in [5.74, 6) is 0.0476. The van der Waals surface area contributed by atoms with Crippen molar-refractivity contribution in [3.63, 3.8) is 0 Å². The summed E-state index contributed by atoms with van der Waals surface area (Å²) in [4.78, 5) is 28.1. The molecule has 0 fully saturated rings. The molecule has 0 radical (unpaired) electrons. The van der Waals surface area contributed by atoms with Gasteiger partial charge >= 0.3 is 5.97 Å². The van der Waals surface area contributed by atoms with Crippen LogP contribution in [0.5, 0.6) is 0 Å². The van der Waals surface area contributed by atoms with E-state index >= 15 is 0 Å². The van der Waals surface area contributed by atoms with Crippen molar-refractivity contribution in [2.45, 2.75) is 26.7 Å². The second kappa shape index (κ2) is 9.39. The third-order valence-electron chi connectivity index (χ3n) is 4.48. The summed E-state index contributed by atoms with van der Waals surface area (Å²) in [6, 6.07) is 12.9. The first-order valence-corrected chi connectivity index (χ1v) is 9.53. The maximum absolute atomic E-state index is 12.0. The third kappa shape index (κ3) is 5.45. The van der Waals surface area contributed by atoms with Gasteiger partial charge in [0.05, 0.1) is 17.6 Å². The van der Waals surface area contributed by atoms with Crippen molar-refractivity contribution in [2.75, 3.05) is 11.9 Å². The first-order chi connectivity index (χ1) is 13.9. The van der Waals surface area contributed by atoms with Crippen molar-refractivity contribution < 1.29 is 18.7 Å². The Morgan fingerprint density at radius 3 is 2.72 bits per heavy atom. The smallest absolute Gasteiger partial charge is 0.306 e. The summed E-state index contributed by atoms with van der Waals surface area (Å²) in [7, 11) is 0. The number of halogens is 1. The Bertz CT molecular complexity index is 1030. The van der Waals surface area contributed by atoms with E-state index < -0.39 is 5.97 Å². The molecule has 0 aliphatic rings. The zero-order valence-corrected chi connectivity index (χ0v) is 17.0. The number of carbonyl (C=O) groups excluding carboxylic acids is 2. The van der Waals surface area contributed by atoms with Crippen LogP contribution in [0.2, 0.25) is 5.02 Å². The van der Waals surface area contributed by atoms with E-state index in [1.807, 2.05) is 44.2 Å². The van der Waals surface area contributed by atoms with Crippen LogP contribution in [0, 0.1) is 13.8 Å². The van der Waals surface area contributed by atoms with Crippen molar-refractivity contribution in [1.29, 1.82) is 0 Å². The number of aromatic nitrogens is 1. The lowest BCUT2D eigenvalue weighted by atomic mass is 10.1. The van der Waals surface area contributed by atoms with Gasteiger partial charge in [-0.15, -0.1) is 0 Å².